The van der Waals surface area contributed by atoms with Gasteiger partial charge in [-0.05, 0) is 48.0 Å². The van der Waals surface area contributed by atoms with Crippen LogP contribution >= 0.6 is 23.2 Å². The van der Waals surface area contributed by atoms with Crippen molar-refractivity contribution in [2.75, 3.05) is 12.0 Å². The summed E-state index contributed by atoms with van der Waals surface area (Å²) in [5.41, 5.74) is 0.626. The van der Waals surface area contributed by atoms with Crippen molar-refractivity contribution >= 4 is 46.3 Å². The second-order valence-corrected chi connectivity index (χ2v) is 7.84. The summed E-state index contributed by atoms with van der Waals surface area (Å²) in [4.78, 5) is 27.3. The van der Waals surface area contributed by atoms with E-state index in [9.17, 15) is 19.1 Å². The Morgan fingerprint density at radius 2 is 1.75 bits per heavy atom. The molecule has 0 bridgehead atoms. The van der Waals surface area contributed by atoms with Crippen molar-refractivity contribution in [3.8, 4) is 5.75 Å². The molecule has 32 heavy (non-hydrogen) atoms. The van der Waals surface area contributed by atoms with Crippen LogP contribution in [-0.4, -0.2) is 23.9 Å². The Balaban J connectivity index is 2.00. The molecule has 0 spiro atoms. The molecule has 8 heteroatoms. The first-order chi connectivity index (χ1) is 15.3. The summed E-state index contributed by atoms with van der Waals surface area (Å²) in [5, 5.41) is 11.6. The highest BCUT2D eigenvalue weighted by molar-refractivity contribution is 6.52. The maximum Gasteiger partial charge on any atom is 0.300 e. The summed E-state index contributed by atoms with van der Waals surface area (Å²) in [6.07, 6.45) is 0. The van der Waals surface area contributed by atoms with Crippen LogP contribution in [0.2, 0.25) is 10.0 Å². The molecule has 1 amide bonds. The number of aliphatic hydroxyl groups is 1. The van der Waals surface area contributed by atoms with Crippen LogP contribution in [0.15, 0.2) is 72.3 Å². The number of ether oxygens (including phenoxy) is 1. The van der Waals surface area contributed by atoms with Gasteiger partial charge >= 0.3 is 0 Å². The normalized spacial score (nSPS) is 17.6. The smallest absolute Gasteiger partial charge is 0.300 e. The number of hydrogen-bond donors (Lipinski definition) is 1. The van der Waals surface area contributed by atoms with Crippen molar-refractivity contribution in [3.63, 3.8) is 0 Å². The molecule has 5 nitrogen and oxygen atoms in total. The predicted octanol–water partition coefficient (Wildman–Crippen LogP) is 5.77. The Kier molecular flexibility index (Phi) is 5.91. The number of carbonyl (C=O) groups excluding carboxylic acids is 2. The Bertz CT molecular complexity index is 1270. The second kappa shape index (κ2) is 8.65. The summed E-state index contributed by atoms with van der Waals surface area (Å²) < 4.78 is 19.3. The van der Waals surface area contributed by atoms with Gasteiger partial charge in [0, 0.05) is 5.69 Å². The number of halogens is 3. The molecule has 1 N–H and O–H groups in total. The second-order valence-electron chi connectivity index (χ2n) is 7.02. The summed E-state index contributed by atoms with van der Waals surface area (Å²) >= 11 is 12.2. The van der Waals surface area contributed by atoms with E-state index in [4.69, 9.17) is 27.9 Å². The molecule has 3 aromatic rings. The number of nitrogens with zero attached hydrogens (tertiary/aromatic N) is 1. The molecule has 4 rings (SSSR count). The lowest BCUT2D eigenvalue weighted by Gasteiger charge is -2.26. The zero-order chi connectivity index (χ0) is 23.0. The van der Waals surface area contributed by atoms with Gasteiger partial charge in [-0.15, -0.1) is 0 Å². The van der Waals surface area contributed by atoms with Crippen molar-refractivity contribution in [1.29, 1.82) is 0 Å². The van der Waals surface area contributed by atoms with Crippen molar-refractivity contribution in [3.05, 3.63) is 99.3 Å². The predicted molar refractivity (Wildman–Crippen MR) is 121 cm³/mol. The molecule has 1 saturated heterocycles. The van der Waals surface area contributed by atoms with Gasteiger partial charge in [0.1, 0.15) is 17.3 Å². The molecule has 0 saturated carbocycles. The first kappa shape index (κ1) is 21.9. The monoisotopic (exact) mass is 471 g/mol. The van der Waals surface area contributed by atoms with E-state index in [0.29, 0.717) is 11.3 Å². The topological polar surface area (TPSA) is 66.8 Å². The van der Waals surface area contributed by atoms with E-state index in [-0.39, 0.29) is 26.9 Å². The molecule has 0 aromatic heterocycles. The van der Waals surface area contributed by atoms with Gasteiger partial charge in [-0.2, -0.15) is 0 Å². The van der Waals surface area contributed by atoms with E-state index in [2.05, 4.69) is 0 Å². The lowest BCUT2D eigenvalue weighted by atomic mass is 9.95. The van der Waals surface area contributed by atoms with Crippen molar-refractivity contribution in [2.45, 2.75) is 6.04 Å². The Morgan fingerprint density at radius 3 is 2.44 bits per heavy atom. The minimum Gasteiger partial charge on any atom is -0.507 e. The fourth-order valence-electron chi connectivity index (χ4n) is 3.71. The van der Waals surface area contributed by atoms with E-state index in [1.54, 1.807) is 30.3 Å². The summed E-state index contributed by atoms with van der Waals surface area (Å²) in [5.74, 6) is -2.52. The highest BCUT2D eigenvalue weighted by atomic mass is 35.5. The Hall–Kier alpha value is -3.35. The molecule has 0 aliphatic carbocycles. The minimum atomic E-state index is -1.07. The molecular formula is C24H16Cl2FNO4. The number of para-hydroxylation sites is 1. The molecule has 162 valence electrons. The van der Waals surface area contributed by atoms with Crippen LogP contribution in [0.4, 0.5) is 10.1 Å². The molecule has 1 fully saturated rings. The van der Waals surface area contributed by atoms with Crippen LogP contribution < -0.4 is 9.64 Å². The lowest BCUT2D eigenvalue weighted by Crippen LogP contribution is -2.29. The van der Waals surface area contributed by atoms with Gasteiger partial charge in [-0.25, -0.2) is 4.39 Å². The van der Waals surface area contributed by atoms with Crippen LogP contribution in [-0.2, 0) is 9.59 Å². The number of benzene rings is 3. The third-order valence-electron chi connectivity index (χ3n) is 5.15. The molecule has 3 aromatic carbocycles. The van der Waals surface area contributed by atoms with Crippen molar-refractivity contribution < 1.29 is 23.8 Å². The Morgan fingerprint density at radius 1 is 1.00 bits per heavy atom. The quantitative estimate of drug-likeness (QED) is 0.298. The zero-order valence-electron chi connectivity index (χ0n) is 16.7. The van der Waals surface area contributed by atoms with E-state index in [0.717, 1.165) is 11.0 Å². The van der Waals surface area contributed by atoms with Crippen LogP contribution in [0.1, 0.15) is 17.2 Å². The van der Waals surface area contributed by atoms with Crippen LogP contribution in [0.3, 0.4) is 0 Å². The van der Waals surface area contributed by atoms with Gasteiger partial charge in [-0.1, -0.05) is 47.5 Å². The van der Waals surface area contributed by atoms with Crippen LogP contribution in [0, 0.1) is 5.82 Å². The van der Waals surface area contributed by atoms with Crippen molar-refractivity contribution in [2.24, 2.45) is 0 Å². The minimum absolute atomic E-state index is 0.155. The van der Waals surface area contributed by atoms with Gasteiger partial charge in [0.2, 0.25) is 0 Å². The van der Waals surface area contributed by atoms with E-state index >= 15 is 0 Å². The number of rotatable bonds is 4. The lowest BCUT2D eigenvalue weighted by molar-refractivity contribution is -0.132. The fourth-order valence-corrected chi connectivity index (χ4v) is 4.01. The zero-order valence-corrected chi connectivity index (χ0v) is 18.2. The maximum atomic E-state index is 14.0. The summed E-state index contributed by atoms with van der Waals surface area (Å²) in [6.45, 7) is 0. The molecular weight excluding hydrogens is 456 g/mol. The van der Waals surface area contributed by atoms with E-state index in [1.165, 1.54) is 37.4 Å². The van der Waals surface area contributed by atoms with Gasteiger partial charge in [0.15, 0.2) is 0 Å². The SMILES string of the molecule is COc1ccccc1/C(O)=C1/C(=O)C(=O)N(c2cccc(F)c2)C1c1ccc(Cl)c(Cl)c1. The van der Waals surface area contributed by atoms with Crippen LogP contribution in [0.25, 0.3) is 5.76 Å². The standard InChI is InChI=1S/C24H16Cl2FNO4/c1-32-19-8-3-2-7-16(19)22(29)20-21(13-9-10-17(25)18(26)11-13)28(24(31)23(20)30)15-6-4-5-14(27)12-15/h2-12,21,29H,1H3/b22-20-. The average molecular weight is 472 g/mol. The molecule has 1 aliphatic heterocycles. The fraction of sp³-hybridized carbons (Fsp3) is 0.0833. The molecule has 1 atom stereocenters. The number of carbonyl (C=O) groups is 2. The number of ketones is 1. The number of methoxy groups -OCH3 is 1. The van der Waals surface area contributed by atoms with Gasteiger partial charge in [-0.3, -0.25) is 14.5 Å². The average Bonchev–Trinajstić information content (AvgIpc) is 3.05. The van der Waals surface area contributed by atoms with Gasteiger partial charge < -0.3 is 9.84 Å². The molecule has 1 unspecified atom stereocenters. The molecule has 1 heterocycles. The highest BCUT2D eigenvalue weighted by Gasteiger charge is 2.47. The van der Waals surface area contributed by atoms with E-state index < -0.39 is 29.3 Å². The highest BCUT2D eigenvalue weighted by Crippen LogP contribution is 2.44. The number of aliphatic hydroxyl groups excluding tert-OH is 1. The number of anilines is 1. The third kappa shape index (κ3) is 3.72. The number of amides is 1. The third-order valence-corrected chi connectivity index (χ3v) is 5.89. The van der Waals surface area contributed by atoms with Crippen LogP contribution in [0.5, 0.6) is 5.75 Å². The van der Waals surface area contributed by atoms with Gasteiger partial charge in [0.25, 0.3) is 11.7 Å². The number of Topliss-reactive ketones (excluding diaryl/α,β-unsaturated/α-hetero) is 1. The first-order valence-electron chi connectivity index (χ1n) is 9.48. The molecule has 1 aliphatic rings. The summed E-state index contributed by atoms with van der Waals surface area (Å²) in [7, 11) is 1.42. The van der Waals surface area contributed by atoms with E-state index in [1.807, 2.05) is 0 Å². The number of hydrogen-bond acceptors (Lipinski definition) is 4. The molecule has 0 radical (unpaired) electrons. The van der Waals surface area contributed by atoms with Crippen molar-refractivity contribution in [1.82, 2.24) is 0 Å². The summed E-state index contributed by atoms with van der Waals surface area (Å²) in [6, 6.07) is 15.4. The maximum absolute atomic E-state index is 14.0. The first-order valence-corrected chi connectivity index (χ1v) is 10.2. The van der Waals surface area contributed by atoms with Gasteiger partial charge in [0.05, 0.1) is 34.3 Å². The largest absolute Gasteiger partial charge is 0.507 e. The Labute approximate surface area is 193 Å².